The van der Waals surface area contributed by atoms with Gasteiger partial charge in [-0.15, -0.1) is 0 Å². The summed E-state index contributed by atoms with van der Waals surface area (Å²) < 4.78 is 4.98. The summed E-state index contributed by atoms with van der Waals surface area (Å²) >= 11 is 0. The number of nitrogens with one attached hydrogen (secondary N) is 3. The van der Waals surface area contributed by atoms with Crippen molar-refractivity contribution in [2.75, 3.05) is 26.1 Å². The molecule has 1 aromatic carbocycles. The Hall–Kier alpha value is -3.34. The van der Waals surface area contributed by atoms with Crippen LogP contribution < -0.4 is 16.7 Å². The molecule has 1 amide bonds. The van der Waals surface area contributed by atoms with Crippen molar-refractivity contribution in [2.24, 2.45) is 11.0 Å². The van der Waals surface area contributed by atoms with Gasteiger partial charge < -0.3 is 14.9 Å². The Kier molecular flexibility index (Phi) is 10.1. The fourth-order valence-electron chi connectivity index (χ4n) is 2.58. The molecule has 0 atom stereocenters. The Labute approximate surface area is 181 Å². The molecule has 5 N–H and O–H groups in total. The van der Waals surface area contributed by atoms with Crippen LogP contribution in [0, 0.1) is 5.41 Å². The minimum Gasteiger partial charge on any atom is -0.389 e. The molecule has 0 aliphatic heterocycles. The van der Waals surface area contributed by atoms with Gasteiger partial charge >= 0.3 is 0 Å². The van der Waals surface area contributed by atoms with Crippen molar-refractivity contribution in [1.29, 1.82) is 5.41 Å². The molecule has 0 fully saturated rings. The maximum absolute atomic E-state index is 12.0. The monoisotopic (exact) mass is 427 g/mol. The lowest BCUT2D eigenvalue weighted by Crippen LogP contribution is -2.46. The van der Waals surface area contributed by atoms with Gasteiger partial charge in [-0.2, -0.15) is 5.53 Å². The number of nitrogens with zero attached hydrogens (tertiary/aromatic N) is 3. The molecule has 10 heteroatoms. The number of ether oxygens (including phenoxy) is 1. The van der Waals surface area contributed by atoms with Gasteiger partial charge in [-0.25, -0.2) is 4.98 Å². The first-order chi connectivity index (χ1) is 15.0. The van der Waals surface area contributed by atoms with Crippen LogP contribution >= 0.6 is 0 Å². The molecule has 2 rings (SSSR count). The molecule has 10 nitrogen and oxygen atoms in total. The lowest BCUT2D eigenvalue weighted by Gasteiger charge is -2.18. The molecule has 31 heavy (non-hydrogen) atoms. The smallest absolute Gasteiger partial charge is 0.225 e. The number of nitrogens with two attached hydrogens (primary N) is 1. The van der Waals surface area contributed by atoms with Gasteiger partial charge in [0.2, 0.25) is 5.91 Å². The third-order valence-corrected chi connectivity index (χ3v) is 4.25. The third kappa shape index (κ3) is 8.13. The molecule has 0 aliphatic rings. The third-order valence-electron chi connectivity index (χ3n) is 4.25. The number of methoxy groups -OCH3 is 1. The number of rotatable bonds is 12. The summed E-state index contributed by atoms with van der Waals surface area (Å²) in [6.07, 6.45) is 1.98. The minimum absolute atomic E-state index is 0.0381. The second-order valence-electron chi connectivity index (χ2n) is 6.63. The number of amidine groups is 1. The Morgan fingerprint density at radius 2 is 1.97 bits per heavy atom. The maximum Gasteiger partial charge on any atom is 0.225 e. The predicted molar refractivity (Wildman–Crippen MR) is 119 cm³/mol. The SMILES string of the molecule is COCCCCC(=O)Nc1cccc(CO/N=C(\C(=N)N(C)NN)c2ccccc2)n1. The maximum atomic E-state index is 12.0. The van der Waals surface area contributed by atoms with Crippen LogP contribution in [-0.4, -0.2) is 48.2 Å². The summed E-state index contributed by atoms with van der Waals surface area (Å²) in [6.45, 7) is 0.708. The van der Waals surface area contributed by atoms with Gasteiger partial charge in [0.25, 0.3) is 0 Å². The molecule has 2 aromatic rings. The van der Waals surface area contributed by atoms with E-state index in [9.17, 15) is 4.79 Å². The number of hydrogen-bond acceptors (Lipinski definition) is 8. The molecular weight excluding hydrogens is 398 g/mol. The minimum atomic E-state index is -0.100. The van der Waals surface area contributed by atoms with Gasteiger partial charge in [0.15, 0.2) is 18.2 Å². The van der Waals surface area contributed by atoms with Crippen molar-refractivity contribution in [1.82, 2.24) is 15.5 Å². The summed E-state index contributed by atoms with van der Waals surface area (Å²) in [4.78, 5) is 21.9. The summed E-state index contributed by atoms with van der Waals surface area (Å²) in [7, 11) is 3.24. The van der Waals surface area contributed by atoms with Gasteiger partial charge in [-0.05, 0) is 25.0 Å². The lowest BCUT2D eigenvalue weighted by molar-refractivity contribution is -0.116. The zero-order valence-electron chi connectivity index (χ0n) is 17.8. The number of amides is 1. The first-order valence-electron chi connectivity index (χ1n) is 9.84. The molecule has 0 aliphatic carbocycles. The Bertz CT molecular complexity index is 874. The number of anilines is 1. The average Bonchev–Trinajstić information content (AvgIpc) is 2.79. The van der Waals surface area contributed by atoms with E-state index in [1.807, 2.05) is 30.3 Å². The first kappa shape index (κ1) is 23.9. The van der Waals surface area contributed by atoms with Crippen LogP contribution in [0.15, 0.2) is 53.7 Å². The topological polar surface area (TPSA) is 138 Å². The quantitative estimate of drug-likeness (QED) is 0.134. The first-order valence-corrected chi connectivity index (χ1v) is 9.84. The number of likely N-dealkylation sites (N-methyl/N-ethyl adjacent to an activating group) is 1. The summed E-state index contributed by atoms with van der Waals surface area (Å²) in [5, 5.41) is 16.5. The largest absolute Gasteiger partial charge is 0.389 e. The van der Waals surface area contributed by atoms with E-state index < -0.39 is 0 Å². The van der Waals surface area contributed by atoms with Gasteiger partial charge in [-0.1, -0.05) is 41.6 Å². The zero-order chi connectivity index (χ0) is 22.5. The molecule has 0 spiro atoms. The number of hydrazine groups is 2. The van der Waals surface area contributed by atoms with Gasteiger partial charge in [-0.3, -0.25) is 21.1 Å². The molecule has 1 aromatic heterocycles. The summed E-state index contributed by atoms with van der Waals surface area (Å²) in [5.41, 5.74) is 3.98. The van der Waals surface area contributed by atoms with E-state index in [-0.39, 0.29) is 18.3 Å². The van der Waals surface area contributed by atoms with Gasteiger partial charge in [0.1, 0.15) is 5.82 Å². The van der Waals surface area contributed by atoms with Crippen molar-refractivity contribution in [2.45, 2.75) is 25.9 Å². The standard InChI is InChI=1S/C21H29N7O3/c1-28(27-23)21(22)20(16-9-4-3-5-10-16)26-31-15-17-11-8-12-18(24-17)25-19(29)13-6-7-14-30-2/h3-5,8-12,22,27H,6-7,13-15,23H2,1-2H3,(H,24,25,29)/b22-21?,26-20-. The predicted octanol–water partition coefficient (Wildman–Crippen LogP) is 2.05. The average molecular weight is 428 g/mol. The van der Waals surface area contributed by atoms with E-state index in [0.29, 0.717) is 35.8 Å². The van der Waals surface area contributed by atoms with Crippen LogP contribution in [-0.2, 0) is 21.0 Å². The van der Waals surface area contributed by atoms with Crippen molar-refractivity contribution < 1.29 is 14.4 Å². The van der Waals surface area contributed by atoms with Crippen LogP contribution in [0.3, 0.4) is 0 Å². The van der Waals surface area contributed by atoms with E-state index in [1.165, 1.54) is 5.01 Å². The number of pyridine rings is 1. The number of oxime groups is 1. The molecular formula is C21H29N7O3. The summed E-state index contributed by atoms with van der Waals surface area (Å²) in [5.74, 6) is 5.79. The van der Waals surface area contributed by atoms with Crippen LogP contribution in [0.2, 0.25) is 0 Å². The fourth-order valence-corrected chi connectivity index (χ4v) is 2.58. The number of carbonyl (C=O) groups is 1. The Balaban J connectivity index is 2.00. The highest BCUT2D eigenvalue weighted by Gasteiger charge is 2.15. The highest BCUT2D eigenvalue weighted by Crippen LogP contribution is 2.09. The van der Waals surface area contributed by atoms with E-state index in [0.717, 1.165) is 12.8 Å². The molecule has 1 heterocycles. The van der Waals surface area contributed by atoms with E-state index in [2.05, 4.69) is 21.0 Å². The molecule has 0 saturated carbocycles. The Morgan fingerprint density at radius 1 is 1.19 bits per heavy atom. The Morgan fingerprint density at radius 3 is 2.68 bits per heavy atom. The number of aromatic nitrogens is 1. The van der Waals surface area contributed by atoms with Crippen molar-refractivity contribution in [3.63, 3.8) is 0 Å². The highest BCUT2D eigenvalue weighted by atomic mass is 16.6. The molecule has 0 unspecified atom stereocenters. The normalized spacial score (nSPS) is 11.1. The second-order valence-corrected chi connectivity index (χ2v) is 6.63. The summed E-state index contributed by atoms with van der Waals surface area (Å²) in [6, 6.07) is 14.5. The van der Waals surface area contributed by atoms with Crippen molar-refractivity contribution in [3.05, 3.63) is 59.8 Å². The fraction of sp³-hybridized carbons (Fsp3) is 0.333. The molecule has 0 saturated heterocycles. The van der Waals surface area contributed by atoms with Crippen LogP contribution in [0.4, 0.5) is 5.82 Å². The van der Waals surface area contributed by atoms with E-state index >= 15 is 0 Å². The highest BCUT2D eigenvalue weighted by molar-refractivity contribution is 6.46. The molecule has 166 valence electrons. The number of benzene rings is 1. The number of unbranched alkanes of at least 4 members (excludes halogenated alkanes) is 1. The van der Waals surface area contributed by atoms with Crippen molar-refractivity contribution in [3.8, 4) is 0 Å². The van der Waals surface area contributed by atoms with Crippen LogP contribution in [0.25, 0.3) is 0 Å². The molecule has 0 radical (unpaired) electrons. The second kappa shape index (κ2) is 13.1. The zero-order valence-corrected chi connectivity index (χ0v) is 17.8. The van der Waals surface area contributed by atoms with Gasteiger partial charge in [0, 0.05) is 32.7 Å². The van der Waals surface area contributed by atoms with E-state index in [1.54, 1.807) is 32.4 Å². The van der Waals surface area contributed by atoms with Crippen molar-refractivity contribution >= 4 is 23.3 Å². The lowest BCUT2D eigenvalue weighted by atomic mass is 10.1. The molecule has 0 bridgehead atoms. The number of hydrogen-bond donors (Lipinski definition) is 4. The van der Waals surface area contributed by atoms with Crippen LogP contribution in [0.5, 0.6) is 0 Å². The van der Waals surface area contributed by atoms with Crippen LogP contribution in [0.1, 0.15) is 30.5 Å². The van der Waals surface area contributed by atoms with Gasteiger partial charge in [0.05, 0.1) is 5.69 Å². The number of carbonyl (C=O) groups excluding carboxylic acids is 1. The van der Waals surface area contributed by atoms with E-state index in [4.69, 9.17) is 20.8 Å².